The molecule has 1 saturated heterocycles. The highest BCUT2D eigenvalue weighted by Crippen LogP contribution is 2.35. The number of ether oxygens (including phenoxy) is 1. The SMILES string of the molecule is Cc1cc(-c2cc3cnccc3nc2OC2CN(c3nc4ccccc4s3)C2)ccn1. The van der Waals surface area contributed by atoms with Gasteiger partial charge in [0.15, 0.2) is 5.13 Å². The van der Waals surface area contributed by atoms with Crippen LogP contribution in [0, 0.1) is 6.92 Å². The molecular formula is C24H19N5OS. The fourth-order valence-electron chi connectivity index (χ4n) is 3.83. The number of anilines is 1. The topological polar surface area (TPSA) is 64.0 Å². The van der Waals surface area contributed by atoms with E-state index in [9.17, 15) is 0 Å². The van der Waals surface area contributed by atoms with Crippen LogP contribution in [0.1, 0.15) is 5.69 Å². The van der Waals surface area contributed by atoms with Gasteiger partial charge in [-0.3, -0.25) is 9.97 Å². The molecule has 0 atom stereocenters. The maximum absolute atomic E-state index is 6.39. The highest BCUT2D eigenvalue weighted by molar-refractivity contribution is 7.22. The minimum Gasteiger partial charge on any atom is -0.470 e. The Morgan fingerprint density at radius 1 is 1.00 bits per heavy atom. The molecule has 5 heterocycles. The summed E-state index contributed by atoms with van der Waals surface area (Å²) < 4.78 is 7.60. The summed E-state index contributed by atoms with van der Waals surface area (Å²) in [7, 11) is 0. The number of para-hydroxylation sites is 1. The molecule has 0 N–H and O–H groups in total. The monoisotopic (exact) mass is 425 g/mol. The average Bonchev–Trinajstić information content (AvgIpc) is 3.19. The maximum Gasteiger partial charge on any atom is 0.222 e. The number of pyridine rings is 3. The van der Waals surface area contributed by atoms with Gasteiger partial charge in [0.05, 0.1) is 28.8 Å². The van der Waals surface area contributed by atoms with Gasteiger partial charge in [-0.2, -0.15) is 0 Å². The van der Waals surface area contributed by atoms with Crippen LogP contribution < -0.4 is 9.64 Å². The summed E-state index contributed by atoms with van der Waals surface area (Å²) in [6.07, 6.45) is 5.48. The number of hydrogen-bond donors (Lipinski definition) is 0. The first-order chi connectivity index (χ1) is 15.2. The van der Waals surface area contributed by atoms with Crippen molar-refractivity contribution < 1.29 is 4.74 Å². The predicted octanol–water partition coefficient (Wildman–Crippen LogP) is 4.88. The van der Waals surface area contributed by atoms with Crippen molar-refractivity contribution in [3.05, 3.63) is 72.8 Å². The van der Waals surface area contributed by atoms with E-state index in [0.717, 1.165) is 51.5 Å². The summed E-state index contributed by atoms with van der Waals surface area (Å²) in [5.74, 6) is 0.651. The third-order valence-electron chi connectivity index (χ3n) is 5.47. The molecule has 0 aliphatic carbocycles. The van der Waals surface area contributed by atoms with Crippen molar-refractivity contribution in [3.63, 3.8) is 0 Å². The van der Waals surface area contributed by atoms with Crippen molar-refractivity contribution in [1.82, 2.24) is 19.9 Å². The zero-order chi connectivity index (χ0) is 20.8. The van der Waals surface area contributed by atoms with E-state index in [1.807, 2.05) is 37.5 Å². The van der Waals surface area contributed by atoms with E-state index in [1.54, 1.807) is 17.5 Å². The molecule has 1 aromatic carbocycles. The Labute approximate surface area is 183 Å². The number of hydrogen-bond acceptors (Lipinski definition) is 7. The molecule has 4 aromatic heterocycles. The van der Waals surface area contributed by atoms with Crippen molar-refractivity contribution in [2.24, 2.45) is 0 Å². The number of fused-ring (bicyclic) bond motifs is 2. The minimum atomic E-state index is 0.0699. The molecule has 31 heavy (non-hydrogen) atoms. The maximum atomic E-state index is 6.39. The Balaban J connectivity index is 1.29. The molecular weight excluding hydrogens is 406 g/mol. The normalized spacial score (nSPS) is 14.2. The van der Waals surface area contributed by atoms with E-state index in [2.05, 4.69) is 45.2 Å². The molecule has 0 radical (unpaired) electrons. The van der Waals surface area contributed by atoms with Gasteiger partial charge in [-0.15, -0.1) is 0 Å². The second kappa shape index (κ2) is 7.28. The van der Waals surface area contributed by atoms with Gasteiger partial charge >= 0.3 is 0 Å². The molecule has 1 fully saturated rings. The molecule has 5 aromatic rings. The van der Waals surface area contributed by atoms with Gasteiger partial charge in [-0.1, -0.05) is 23.5 Å². The lowest BCUT2D eigenvalue weighted by molar-refractivity contribution is 0.162. The van der Waals surface area contributed by atoms with Crippen molar-refractivity contribution in [3.8, 4) is 17.0 Å². The second-order valence-electron chi connectivity index (χ2n) is 7.70. The first-order valence-electron chi connectivity index (χ1n) is 10.2. The molecule has 0 bridgehead atoms. The Kier molecular flexibility index (Phi) is 4.28. The molecule has 0 unspecified atom stereocenters. The van der Waals surface area contributed by atoms with Gasteiger partial charge in [-0.25, -0.2) is 9.97 Å². The molecule has 0 saturated carbocycles. The molecule has 7 heteroatoms. The van der Waals surface area contributed by atoms with Crippen molar-refractivity contribution >= 4 is 37.6 Å². The quantitative estimate of drug-likeness (QED) is 0.409. The number of nitrogens with zero attached hydrogens (tertiary/aromatic N) is 5. The van der Waals surface area contributed by atoms with Gasteiger partial charge in [-0.05, 0) is 48.9 Å². The number of rotatable bonds is 4. The third-order valence-corrected chi connectivity index (χ3v) is 6.56. The lowest BCUT2D eigenvalue weighted by atomic mass is 10.1. The van der Waals surface area contributed by atoms with Crippen LogP contribution in [0.25, 0.3) is 32.2 Å². The smallest absolute Gasteiger partial charge is 0.222 e. The van der Waals surface area contributed by atoms with E-state index < -0.39 is 0 Å². The highest BCUT2D eigenvalue weighted by Gasteiger charge is 2.32. The summed E-state index contributed by atoms with van der Waals surface area (Å²) in [5, 5.41) is 2.03. The number of thiazole rings is 1. The van der Waals surface area contributed by atoms with Crippen LogP contribution in [0.15, 0.2) is 67.1 Å². The zero-order valence-corrected chi connectivity index (χ0v) is 17.7. The van der Waals surface area contributed by atoms with Crippen molar-refractivity contribution in [2.45, 2.75) is 13.0 Å². The van der Waals surface area contributed by atoms with E-state index >= 15 is 0 Å². The Bertz CT molecular complexity index is 1380. The second-order valence-corrected chi connectivity index (χ2v) is 8.71. The fraction of sp³-hybridized carbons (Fsp3) is 0.167. The van der Waals surface area contributed by atoms with Gasteiger partial charge in [0.1, 0.15) is 6.10 Å². The molecule has 0 spiro atoms. The Morgan fingerprint density at radius 2 is 1.90 bits per heavy atom. The van der Waals surface area contributed by atoms with Gasteiger partial charge in [0.2, 0.25) is 5.88 Å². The summed E-state index contributed by atoms with van der Waals surface area (Å²) in [5.41, 5.74) is 4.89. The lowest BCUT2D eigenvalue weighted by Gasteiger charge is -2.38. The lowest BCUT2D eigenvalue weighted by Crippen LogP contribution is -2.54. The largest absolute Gasteiger partial charge is 0.470 e. The Morgan fingerprint density at radius 3 is 2.77 bits per heavy atom. The molecule has 0 amide bonds. The van der Waals surface area contributed by atoms with Crippen molar-refractivity contribution in [2.75, 3.05) is 18.0 Å². The fourth-order valence-corrected chi connectivity index (χ4v) is 4.81. The molecule has 152 valence electrons. The first kappa shape index (κ1) is 18.2. The van der Waals surface area contributed by atoms with Crippen LogP contribution in [0.5, 0.6) is 5.88 Å². The highest BCUT2D eigenvalue weighted by atomic mass is 32.1. The molecule has 6 rings (SSSR count). The van der Waals surface area contributed by atoms with Crippen LogP contribution >= 0.6 is 11.3 Å². The van der Waals surface area contributed by atoms with E-state index in [4.69, 9.17) is 14.7 Å². The first-order valence-corrected chi connectivity index (χ1v) is 11.0. The summed E-state index contributed by atoms with van der Waals surface area (Å²) in [4.78, 5) is 20.4. The zero-order valence-electron chi connectivity index (χ0n) is 16.9. The standard InChI is InChI=1S/C24H19N5OS/c1-15-10-16(6-9-26-15)19-11-17-12-25-8-7-20(17)27-23(19)30-18-13-29(14-18)24-28-21-4-2-3-5-22(21)31-24/h2-12,18H,13-14H2,1H3. The summed E-state index contributed by atoms with van der Waals surface area (Å²) >= 11 is 1.72. The number of benzene rings is 1. The molecule has 1 aliphatic heterocycles. The van der Waals surface area contributed by atoms with E-state index in [1.165, 1.54) is 4.70 Å². The van der Waals surface area contributed by atoms with Gasteiger partial charge in [0.25, 0.3) is 0 Å². The number of aromatic nitrogens is 4. The Hall–Kier alpha value is -3.58. The van der Waals surface area contributed by atoms with Gasteiger partial charge in [0, 0.05) is 35.2 Å². The van der Waals surface area contributed by atoms with Gasteiger partial charge < -0.3 is 9.64 Å². The van der Waals surface area contributed by atoms with E-state index in [0.29, 0.717) is 5.88 Å². The molecule has 6 nitrogen and oxygen atoms in total. The van der Waals surface area contributed by atoms with Crippen LogP contribution in [-0.4, -0.2) is 39.1 Å². The minimum absolute atomic E-state index is 0.0699. The molecule has 1 aliphatic rings. The van der Waals surface area contributed by atoms with Crippen LogP contribution in [0.4, 0.5) is 5.13 Å². The summed E-state index contributed by atoms with van der Waals surface area (Å²) in [6, 6.07) is 16.3. The number of aryl methyl sites for hydroxylation is 1. The summed E-state index contributed by atoms with van der Waals surface area (Å²) in [6.45, 7) is 3.58. The van der Waals surface area contributed by atoms with Crippen LogP contribution in [-0.2, 0) is 0 Å². The third kappa shape index (κ3) is 3.37. The average molecular weight is 426 g/mol. The van der Waals surface area contributed by atoms with Crippen molar-refractivity contribution in [1.29, 1.82) is 0 Å². The van der Waals surface area contributed by atoms with Crippen LogP contribution in [0.2, 0.25) is 0 Å². The van der Waals surface area contributed by atoms with Crippen LogP contribution in [0.3, 0.4) is 0 Å². The predicted molar refractivity (Wildman–Crippen MR) is 124 cm³/mol. The van der Waals surface area contributed by atoms with E-state index in [-0.39, 0.29) is 6.10 Å².